The van der Waals surface area contributed by atoms with E-state index in [1.54, 1.807) is 4.90 Å². The van der Waals surface area contributed by atoms with E-state index < -0.39 is 11.7 Å². The number of anilines is 2. The maximum atomic E-state index is 12.7. The van der Waals surface area contributed by atoms with E-state index in [2.05, 4.69) is 4.98 Å². The molecule has 1 aromatic heterocycles. The molecule has 3 rings (SSSR count). The van der Waals surface area contributed by atoms with E-state index >= 15 is 0 Å². The molecule has 1 aliphatic rings. The van der Waals surface area contributed by atoms with Crippen molar-refractivity contribution in [2.75, 3.05) is 29.4 Å². The van der Waals surface area contributed by atoms with Gasteiger partial charge in [-0.1, -0.05) is 18.2 Å². The van der Waals surface area contributed by atoms with Crippen LogP contribution in [0.5, 0.6) is 0 Å². The number of carbonyl (C=O) groups is 1. The summed E-state index contributed by atoms with van der Waals surface area (Å²) in [6.07, 6.45) is 0.218. The number of amides is 1. The summed E-state index contributed by atoms with van der Waals surface area (Å²) in [6, 6.07) is 10.3. The van der Waals surface area contributed by atoms with E-state index in [-0.39, 0.29) is 0 Å². The number of carbonyl (C=O) groups excluding carboxylic acids is 1. The van der Waals surface area contributed by atoms with Gasteiger partial charge < -0.3 is 9.80 Å². The highest BCUT2D eigenvalue weighted by atomic mass is 19.4. The highest BCUT2D eigenvalue weighted by Gasteiger charge is 2.31. The fraction of sp³-hybridized carbons (Fsp3) is 0.429. The lowest BCUT2D eigenvalue weighted by atomic mass is 9.94. The predicted molar refractivity (Wildman–Crippen MR) is 103 cm³/mol. The molecule has 4 nitrogen and oxygen atoms in total. The van der Waals surface area contributed by atoms with Crippen molar-refractivity contribution in [1.29, 1.82) is 0 Å². The number of hydrogen-bond donors (Lipinski definition) is 0. The molecule has 1 unspecified atom stereocenters. The molecule has 1 fully saturated rings. The average molecular weight is 391 g/mol. The third kappa shape index (κ3) is 4.82. The normalized spacial score (nSPS) is 17.4. The molecular weight excluding hydrogens is 367 g/mol. The van der Waals surface area contributed by atoms with Crippen LogP contribution >= 0.6 is 0 Å². The Hall–Kier alpha value is -2.57. The molecule has 1 saturated heterocycles. The Morgan fingerprint density at radius 2 is 2.04 bits per heavy atom. The zero-order valence-corrected chi connectivity index (χ0v) is 15.8. The average Bonchev–Trinajstić information content (AvgIpc) is 2.69. The van der Waals surface area contributed by atoms with Crippen LogP contribution in [0, 0.1) is 12.8 Å². The number of rotatable bonds is 6. The topological polar surface area (TPSA) is 36.4 Å². The summed E-state index contributed by atoms with van der Waals surface area (Å²) in [5.74, 6) is 0.938. The van der Waals surface area contributed by atoms with Crippen LogP contribution in [0.4, 0.5) is 24.7 Å². The van der Waals surface area contributed by atoms with E-state index in [0.717, 1.165) is 62.3 Å². The molecule has 1 aliphatic heterocycles. The number of piperidine rings is 1. The van der Waals surface area contributed by atoms with Gasteiger partial charge in [0.2, 0.25) is 6.41 Å². The highest BCUT2D eigenvalue weighted by molar-refractivity contribution is 5.76. The summed E-state index contributed by atoms with van der Waals surface area (Å²) in [4.78, 5) is 19.3. The zero-order chi connectivity index (χ0) is 20.1. The largest absolute Gasteiger partial charge is 0.417 e. The van der Waals surface area contributed by atoms with Gasteiger partial charge in [-0.15, -0.1) is 0 Å². The maximum absolute atomic E-state index is 12.7. The molecule has 0 bridgehead atoms. The molecule has 0 saturated carbocycles. The van der Waals surface area contributed by atoms with Gasteiger partial charge in [0.25, 0.3) is 0 Å². The van der Waals surface area contributed by atoms with Gasteiger partial charge in [-0.25, -0.2) is 4.98 Å². The van der Waals surface area contributed by atoms with Crippen LogP contribution in [0.1, 0.15) is 30.4 Å². The van der Waals surface area contributed by atoms with Gasteiger partial charge in [0.05, 0.1) is 5.56 Å². The van der Waals surface area contributed by atoms with Gasteiger partial charge in [-0.3, -0.25) is 4.79 Å². The fourth-order valence-corrected chi connectivity index (χ4v) is 3.69. The van der Waals surface area contributed by atoms with E-state index in [0.29, 0.717) is 18.3 Å². The lowest BCUT2D eigenvalue weighted by molar-refractivity contribution is -0.137. The third-order valence-electron chi connectivity index (χ3n) is 5.25. The molecule has 7 heteroatoms. The molecule has 150 valence electrons. The van der Waals surface area contributed by atoms with Crippen LogP contribution in [-0.2, 0) is 11.0 Å². The summed E-state index contributed by atoms with van der Waals surface area (Å²) >= 11 is 0. The summed E-state index contributed by atoms with van der Waals surface area (Å²) in [5, 5.41) is 0. The van der Waals surface area contributed by atoms with Crippen LogP contribution in [0.25, 0.3) is 0 Å². The van der Waals surface area contributed by atoms with Crippen LogP contribution in [0.15, 0.2) is 42.6 Å². The van der Waals surface area contributed by atoms with Crippen molar-refractivity contribution in [3.05, 3.63) is 53.7 Å². The number of hydrogen-bond acceptors (Lipinski definition) is 3. The van der Waals surface area contributed by atoms with Gasteiger partial charge >= 0.3 is 6.18 Å². The van der Waals surface area contributed by atoms with Crippen molar-refractivity contribution < 1.29 is 18.0 Å². The standard InChI is InChI=1S/C21H24F3N3O/c1-16-5-2-3-7-19(16)27(15-28)12-10-17-6-4-11-26(14-17)20-9-8-18(13-25-20)21(22,23)24/h2-3,5,7-9,13,15,17H,4,6,10-12,14H2,1H3. The number of benzene rings is 1. The Morgan fingerprint density at radius 1 is 1.25 bits per heavy atom. The first-order chi connectivity index (χ1) is 13.4. The molecule has 1 amide bonds. The number of para-hydroxylation sites is 1. The van der Waals surface area contributed by atoms with Crippen molar-refractivity contribution in [2.45, 2.75) is 32.4 Å². The zero-order valence-electron chi connectivity index (χ0n) is 15.8. The van der Waals surface area contributed by atoms with Crippen molar-refractivity contribution >= 4 is 17.9 Å². The van der Waals surface area contributed by atoms with Crippen molar-refractivity contribution in [2.24, 2.45) is 5.92 Å². The smallest absolute Gasteiger partial charge is 0.356 e. The Balaban J connectivity index is 1.60. The lowest BCUT2D eigenvalue weighted by Crippen LogP contribution is -2.37. The van der Waals surface area contributed by atoms with E-state index in [1.807, 2.05) is 36.1 Å². The molecule has 1 aromatic carbocycles. The molecule has 1 atom stereocenters. The molecule has 0 aliphatic carbocycles. The fourth-order valence-electron chi connectivity index (χ4n) is 3.69. The molecule has 0 N–H and O–H groups in total. The minimum Gasteiger partial charge on any atom is -0.356 e. The first-order valence-electron chi connectivity index (χ1n) is 9.44. The number of halogens is 3. The van der Waals surface area contributed by atoms with Crippen LogP contribution < -0.4 is 9.80 Å². The van der Waals surface area contributed by atoms with E-state index in [4.69, 9.17) is 0 Å². The number of aryl methyl sites for hydroxylation is 1. The van der Waals surface area contributed by atoms with Gasteiger partial charge in [-0.2, -0.15) is 13.2 Å². The summed E-state index contributed by atoms with van der Waals surface area (Å²) in [7, 11) is 0. The lowest BCUT2D eigenvalue weighted by Gasteiger charge is -2.34. The molecule has 2 aromatic rings. The van der Waals surface area contributed by atoms with Crippen LogP contribution in [-0.4, -0.2) is 31.0 Å². The Labute approximate surface area is 163 Å². The van der Waals surface area contributed by atoms with Gasteiger partial charge in [0, 0.05) is 31.5 Å². The third-order valence-corrected chi connectivity index (χ3v) is 5.25. The van der Waals surface area contributed by atoms with Crippen molar-refractivity contribution in [1.82, 2.24) is 4.98 Å². The minimum atomic E-state index is -4.37. The predicted octanol–water partition coefficient (Wildman–Crippen LogP) is 4.68. The molecular formula is C21H24F3N3O. The van der Waals surface area contributed by atoms with Gasteiger partial charge in [0.15, 0.2) is 0 Å². The monoisotopic (exact) mass is 391 g/mol. The Bertz CT molecular complexity index is 792. The minimum absolute atomic E-state index is 0.365. The van der Waals surface area contributed by atoms with Crippen molar-refractivity contribution in [3.8, 4) is 0 Å². The Kier molecular flexibility index (Phi) is 6.21. The number of pyridine rings is 1. The van der Waals surface area contributed by atoms with E-state index in [1.165, 1.54) is 6.07 Å². The maximum Gasteiger partial charge on any atom is 0.417 e. The number of alkyl halides is 3. The van der Waals surface area contributed by atoms with Gasteiger partial charge in [0.1, 0.15) is 5.82 Å². The first-order valence-corrected chi connectivity index (χ1v) is 9.44. The summed E-state index contributed by atoms with van der Waals surface area (Å²) < 4.78 is 38.1. The van der Waals surface area contributed by atoms with Crippen molar-refractivity contribution in [3.63, 3.8) is 0 Å². The van der Waals surface area contributed by atoms with Gasteiger partial charge in [-0.05, 0) is 55.9 Å². The van der Waals surface area contributed by atoms with Crippen LogP contribution in [0.3, 0.4) is 0 Å². The quantitative estimate of drug-likeness (QED) is 0.671. The Morgan fingerprint density at radius 3 is 2.68 bits per heavy atom. The summed E-state index contributed by atoms with van der Waals surface area (Å²) in [5.41, 5.74) is 1.23. The number of nitrogens with zero attached hydrogens (tertiary/aromatic N) is 3. The molecule has 28 heavy (non-hydrogen) atoms. The molecule has 0 spiro atoms. The second-order valence-corrected chi connectivity index (χ2v) is 7.23. The SMILES string of the molecule is Cc1ccccc1N(C=O)CCC1CCCN(c2ccc(C(F)(F)F)cn2)C1. The molecule has 2 heterocycles. The first kappa shape index (κ1) is 20.2. The second-order valence-electron chi connectivity index (χ2n) is 7.23. The second kappa shape index (κ2) is 8.63. The van der Waals surface area contributed by atoms with Crippen LogP contribution in [0.2, 0.25) is 0 Å². The van der Waals surface area contributed by atoms with E-state index in [9.17, 15) is 18.0 Å². The molecule has 0 radical (unpaired) electrons. The highest BCUT2D eigenvalue weighted by Crippen LogP contribution is 2.30. The summed E-state index contributed by atoms with van der Waals surface area (Å²) in [6.45, 7) is 4.11. The number of aromatic nitrogens is 1.